The van der Waals surface area contributed by atoms with Crippen molar-refractivity contribution in [1.29, 1.82) is 0 Å². The van der Waals surface area contributed by atoms with Crippen LogP contribution in [0.5, 0.6) is 0 Å². The smallest absolute Gasteiger partial charge is 0.336 e. The molecule has 3 aromatic rings. The first kappa shape index (κ1) is 17.1. The maximum absolute atomic E-state index is 12.3. The van der Waals surface area contributed by atoms with Crippen molar-refractivity contribution in [2.45, 2.75) is 6.54 Å². The Morgan fingerprint density at radius 1 is 1.40 bits per heavy atom. The quantitative estimate of drug-likeness (QED) is 0.538. The molecule has 1 aromatic carbocycles. The van der Waals surface area contributed by atoms with Crippen LogP contribution in [0, 0.1) is 4.77 Å². The van der Waals surface area contributed by atoms with Gasteiger partial charge in [-0.2, -0.15) is 0 Å². The fourth-order valence-corrected chi connectivity index (χ4v) is 2.89. The molecule has 0 aliphatic rings. The third kappa shape index (κ3) is 3.11. The van der Waals surface area contributed by atoms with Crippen LogP contribution in [-0.4, -0.2) is 25.6 Å². The maximum atomic E-state index is 12.3. The lowest BCUT2D eigenvalue weighted by atomic mass is 10.1. The van der Waals surface area contributed by atoms with Gasteiger partial charge < -0.3 is 5.11 Å². The Hall–Kier alpha value is -2.77. The summed E-state index contributed by atoms with van der Waals surface area (Å²) in [6.45, 7) is 3.94. The zero-order valence-electron chi connectivity index (χ0n) is 12.8. The van der Waals surface area contributed by atoms with Gasteiger partial charge in [0.2, 0.25) is 0 Å². The number of allylic oxidation sites excluding steroid dienone is 1. The molecule has 0 radical (unpaired) electrons. The van der Waals surface area contributed by atoms with Crippen molar-refractivity contribution in [2.24, 2.45) is 0 Å². The molecule has 0 unspecified atom stereocenters. The van der Waals surface area contributed by atoms with Crippen LogP contribution in [-0.2, 0) is 6.54 Å². The van der Waals surface area contributed by atoms with Crippen molar-refractivity contribution >= 4 is 40.8 Å². The summed E-state index contributed by atoms with van der Waals surface area (Å²) in [5, 5.41) is 10.1. The normalized spacial score (nSPS) is 10.8. The Morgan fingerprint density at radius 3 is 2.68 bits per heavy atom. The summed E-state index contributed by atoms with van der Waals surface area (Å²) < 4.78 is 1.68. The molecule has 0 atom stereocenters. The molecule has 0 aliphatic heterocycles. The zero-order chi connectivity index (χ0) is 18.1. The summed E-state index contributed by atoms with van der Waals surface area (Å²) in [5.41, 5.74) is 0.528. The Balaban J connectivity index is 2.46. The van der Waals surface area contributed by atoms with Crippen LogP contribution in [0.1, 0.15) is 10.4 Å². The van der Waals surface area contributed by atoms with E-state index in [1.165, 1.54) is 10.6 Å². The van der Waals surface area contributed by atoms with E-state index in [1.807, 2.05) is 0 Å². The second-order valence-corrected chi connectivity index (χ2v) is 6.05. The minimum absolute atomic E-state index is 0.0272. The monoisotopic (exact) mass is 373 g/mol. The number of nitrogens with one attached hydrogen (secondary N) is 1. The number of hydrogen-bond acceptors (Lipinski definition) is 4. The van der Waals surface area contributed by atoms with Crippen LogP contribution >= 0.6 is 23.8 Å². The lowest BCUT2D eigenvalue weighted by Gasteiger charge is -2.12. The predicted molar refractivity (Wildman–Crippen MR) is 98.8 cm³/mol. The number of carboxylic acid groups (broad SMARTS) is 1. The van der Waals surface area contributed by atoms with E-state index in [2.05, 4.69) is 16.5 Å². The van der Waals surface area contributed by atoms with Crippen molar-refractivity contribution in [3.63, 3.8) is 0 Å². The van der Waals surface area contributed by atoms with E-state index in [0.29, 0.717) is 16.3 Å². The number of aromatic nitrogens is 3. The molecule has 2 heterocycles. The summed E-state index contributed by atoms with van der Waals surface area (Å²) in [6, 6.07) is 8.17. The van der Waals surface area contributed by atoms with Gasteiger partial charge in [0.25, 0.3) is 5.56 Å². The van der Waals surface area contributed by atoms with Gasteiger partial charge in [0.15, 0.2) is 4.77 Å². The summed E-state index contributed by atoms with van der Waals surface area (Å²) >= 11 is 11.1. The van der Waals surface area contributed by atoms with Crippen molar-refractivity contribution in [1.82, 2.24) is 14.5 Å². The average Bonchev–Trinajstić information content (AvgIpc) is 2.58. The Morgan fingerprint density at radius 2 is 2.08 bits per heavy atom. The Kier molecular flexibility index (Phi) is 4.52. The van der Waals surface area contributed by atoms with Gasteiger partial charge in [-0.15, -0.1) is 6.58 Å². The number of nitrogens with zero attached hydrogens (tertiary/aromatic N) is 2. The van der Waals surface area contributed by atoms with E-state index in [1.54, 1.807) is 30.3 Å². The van der Waals surface area contributed by atoms with Crippen molar-refractivity contribution < 1.29 is 9.90 Å². The van der Waals surface area contributed by atoms with Gasteiger partial charge in [-0.1, -0.05) is 29.8 Å². The van der Waals surface area contributed by atoms with Gasteiger partial charge in [0, 0.05) is 17.1 Å². The van der Waals surface area contributed by atoms with E-state index in [-0.39, 0.29) is 27.9 Å². The van der Waals surface area contributed by atoms with Gasteiger partial charge in [-0.25, -0.2) is 9.78 Å². The van der Waals surface area contributed by atoms with Gasteiger partial charge >= 0.3 is 5.97 Å². The first-order chi connectivity index (χ1) is 11.9. The number of fused-ring (bicyclic) bond motifs is 1. The molecule has 0 bridgehead atoms. The molecule has 0 spiro atoms. The van der Waals surface area contributed by atoms with Crippen LogP contribution in [0.4, 0.5) is 0 Å². The minimum atomic E-state index is -1.23. The molecule has 0 amide bonds. The van der Waals surface area contributed by atoms with Crippen LogP contribution in [0.25, 0.3) is 22.3 Å². The number of rotatable bonds is 4. The molecular formula is C17H12ClN3O3S. The van der Waals surface area contributed by atoms with E-state index in [9.17, 15) is 14.7 Å². The molecular weight excluding hydrogens is 362 g/mol. The van der Waals surface area contributed by atoms with Crippen molar-refractivity contribution in [3.05, 3.63) is 68.7 Å². The third-order valence-corrected chi connectivity index (χ3v) is 4.21. The van der Waals surface area contributed by atoms with Crippen molar-refractivity contribution in [3.8, 4) is 11.3 Å². The molecule has 0 saturated heterocycles. The number of halogens is 1. The van der Waals surface area contributed by atoms with E-state index in [4.69, 9.17) is 23.8 Å². The van der Waals surface area contributed by atoms with E-state index < -0.39 is 11.5 Å². The molecule has 2 N–H and O–H groups in total. The molecule has 0 saturated carbocycles. The second-order valence-electron chi connectivity index (χ2n) is 5.22. The number of H-pyrrole nitrogens is 1. The molecule has 0 fully saturated rings. The lowest BCUT2D eigenvalue weighted by Crippen LogP contribution is -2.19. The molecule has 0 aliphatic carbocycles. The first-order valence-corrected chi connectivity index (χ1v) is 7.99. The molecule has 25 heavy (non-hydrogen) atoms. The number of benzene rings is 1. The minimum Gasteiger partial charge on any atom is -0.478 e. The first-order valence-electron chi connectivity index (χ1n) is 7.20. The highest BCUT2D eigenvalue weighted by atomic mass is 35.5. The molecule has 8 heteroatoms. The molecule has 6 nitrogen and oxygen atoms in total. The number of aromatic amines is 1. The number of hydrogen-bond donors (Lipinski definition) is 2. The molecule has 3 rings (SSSR count). The van der Waals surface area contributed by atoms with Crippen LogP contribution in [0.15, 0.2) is 47.8 Å². The lowest BCUT2D eigenvalue weighted by molar-refractivity contribution is 0.0699. The SMILES string of the molecule is C=CCn1c(=S)[nH]c(=O)c2c(C(=O)O)cc(-c3ccc(Cl)cc3)nc21. The van der Waals surface area contributed by atoms with Crippen molar-refractivity contribution in [2.75, 3.05) is 0 Å². The van der Waals surface area contributed by atoms with Gasteiger partial charge in [0.05, 0.1) is 16.6 Å². The number of carboxylic acids is 1. The van der Waals surface area contributed by atoms with Crippen LogP contribution in [0.2, 0.25) is 5.02 Å². The highest BCUT2D eigenvalue weighted by Gasteiger charge is 2.18. The summed E-state index contributed by atoms with van der Waals surface area (Å²) in [4.78, 5) is 31.0. The number of aromatic carboxylic acids is 1. The van der Waals surface area contributed by atoms with E-state index >= 15 is 0 Å². The fourth-order valence-electron chi connectivity index (χ4n) is 2.51. The summed E-state index contributed by atoms with van der Waals surface area (Å²) in [7, 11) is 0. The van der Waals surface area contributed by atoms with Crippen LogP contribution < -0.4 is 5.56 Å². The molecule has 2 aromatic heterocycles. The highest BCUT2D eigenvalue weighted by molar-refractivity contribution is 7.71. The molecule has 126 valence electrons. The second kappa shape index (κ2) is 6.62. The third-order valence-electron chi connectivity index (χ3n) is 3.63. The van der Waals surface area contributed by atoms with Gasteiger partial charge in [-0.3, -0.25) is 14.3 Å². The standard InChI is InChI=1S/C17H12ClN3O3S/c1-2-7-21-14-13(15(22)20-17(21)25)11(16(23)24)8-12(19-14)9-3-5-10(18)6-4-9/h2-6,8H,1,7H2,(H,23,24)(H,20,22,25). The largest absolute Gasteiger partial charge is 0.478 e. The predicted octanol–water partition coefficient (Wildman–Crippen LogP) is 3.66. The van der Waals surface area contributed by atoms with E-state index in [0.717, 1.165) is 0 Å². The zero-order valence-corrected chi connectivity index (χ0v) is 14.4. The number of carbonyl (C=O) groups is 1. The summed E-state index contributed by atoms with van der Waals surface area (Å²) in [6.07, 6.45) is 1.59. The van der Waals surface area contributed by atoms with Crippen LogP contribution in [0.3, 0.4) is 0 Å². The average molecular weight is 374 g/mol. The Labute approximate surface area is 152 Å². The van der Waals surface area contributed by atoms with Gasteiger partial charge in [-0.05, 0) is 30.4 Å². The van der Waals surface area contributed by atoms with Gasteiger partial charge in [0.1, 0.15) is 5.65 Å². The fraction of sp³-hybridized carbons (Fsp3) is 0.0588. The Bertz CT molecular complexity index is 1120. The number of pyridine rings is 1. The highest BCUT2D eigenvalue weighted by Crippen LogP contribution is 2.24. The maximum Gasteiger partial charge on any atom is 0.336 e. The summed E-state index contributed by atoms with van der Waals surface area (Å²) in [5.74, 6) is -1.23. The topological polar surface area (TPSA) is 88.0 Å².